The van der Waals surface area contributed by atoms with Gasteiger partial charge in [0, 0.05) is 0 Å². The summed E-state index contributed by atoms with van der Waals surface area (Å²) in [5.41, 5.74) is 2.87. The van der Waals surface area contributed by atoms with Crippen molar-refractivity contribution in [3.8, 4) is 0 Å². The lowest BCUT2D eigenvalue weighted by Gasteiger charge is -2.32. The molecule has 1 atom stereocenters. The molecule has 1 aromatic carbocycles. The van der Waals surface area contributed by atoms with Gasteiger partial charge in [-0.05, 0) is 44.9 Å². The predicted molar refractivity (Wildman–Crippen MR) is 73.8 cm³/mol. The van der Waals surface area contributed by atoms with Crippen LogP contribution in [0.1, 0.15) is 43.4 Å². The Hall–Kier alpha value is -1.35. The van der Waals surface area contributed by atoms with E-state index in [1.165, 1.54) is 0 Å². The van der Waals surface area contributed by atoms with Crippen LogP contribution in [-0.2, 0) is 10.3 Å². The number of rotatable bonds is 6. The molecule has 0 amide bonds. The highest BCUT2D eigenvalue weighted by molar-refractivity contribution is 5.69. The maximum absolute atomic E-state index is 11.1. The minimum Gasteiger partial charge on any atom is -0.481 e. The van der Waals surface area contributed by atoms with Crippen molar-refractivity contribution in [2.45, 2.75) is 46.1 Å². The van der Waals surface area contributed by atoms with Gasteiger partial charge in [-0.2, -0.15) is 0 Å². The number of carbonyl (C=O) groups is 1. The second-order valence-electron chi connectivity index (χ2n) is 5.15. The summed E-state index contributed by atoms with van der Waals surface area (Å²) in [6.45, 7) is 8.93. The number of carboxylic acids is 1. The topological polar surface area (TPSA) is 49.3 Å². The van der Waals surface area contributed by atoms with Crippen LogP contribution in [0.25, 0.3) is 0 Å². The molecule has 3 heteroatoms. The fourth-order valence-corrected chi connectivity index (χ4v) is 2.29. The molecule has 0 radical (unpaired) electrons. The molecular formula is C15H23NO2. The van der Waals surface area contributed by atoms with E-state index in [0.29, 0.717) is 0 Å². The van der Waals surface area contributed by atoms with Crippen LogP contribution in [0.4, 0.5) is 0 Å². The highest BCUT2D eigenvalue weighted by Crippen LogP contribution is 2.28. The molecule has 0 saturated heterocycles. The first-order chi connectivity index (χ1) is 8.39. The highest BCUT2D eigenvalue weighted by Gasteiger charge is 2.30. The molecule has 100 valence electrons. The Kier molecular flexibility index (Phi) is 4.91. The highest BCUT2D eigenvalue weighted by atomic mass is 16.4. The van der Waals surface area contributed by atoms with E-state index in [9.17, 15) is 4.79 Å². The zero-order valence-corrected chi connectivity index (χ0v) is 11.7. The zero-order chi connectivity index (χ0) is 13.8. The molecule has 1 rings (SSSR count). The molecule has 1 unspecified atom stereocenters. The van der Waals surface area contributed by atoms with E-state index < -0.39 is 11.5 Å². The number of carboxylic acid groups (broad SMARTS) is 1. The Morgan fingerprint density at radius 2 is 2.06 bits per heavy atom. The molecule has 1 aromatic rings. The van der Waals surface area contributed by atoms with Crippen LogP contribution in [0.15, 0.2) is 18.2 Å². The molecule has 0 aliphatic rings. The van der Waals surface area contributed by atoms with Gasteiger partial charge >= 0.3 is 5.97 Å². The largest absolute Gasteiger partial charge is 0.481 e. The molecule has 18 heavy (non-hydrogen) atoms. The molecule has 0 fully saturated rings. The van der Waals surface area contributed by atoms with Crippen molar-refractivity contribution < 1.29 is 9.90 Å². The molecular weight excluding hydrogens is 226 g/mol. The lowest BCUT2D eigenvalue weighted by atomic mass is 9.84. The minimum atomic E-state index is -0.776. The SMILES string of the molecule is CCCNC(C)(CC(=O)O)c1cc(C)ccc1C. The van der Waals surface area contributed by atoms with Crippen molar-refractivity contribution in [3.05, 3.63) is 34.9 Å². The number of hydrogen-bond acceptors (Lipinski definition) is 2. The van der Waals surface area contributed by atoms with Gasteiger partial charge in [0.2, 0.25) is 0 Å². The third-order valence-electron chi connectivity index (χ3n) is 3.26. The Labute approximate surface area is 109 Å². The average molecular weight is 249 g/mol. The van der Waals surface area contributed by atoms with Crippen LogP contribution in [0.3, 0.4) is 0 Å². The summed E-state index contributed by atoms with van der Waals surface area (Å²) in [6, 6.07) is 6.19. The quantitative estimate of drug-likeness (QED) is 0.815. The molecule has 0 aliphatic heterocycles. The van der Waals surface area contributed by atoms with E-state index in [1.807, 2.05) is 20.8 Å². The normalized spacial score (nSPS) is 14.2. The van der Waals surface area contributed by atoms with Crippen LogP contribution in [-0.4, -0.2) is 17.6 Å². The average Bonchev–Trinajstić information content (AvgIpc) is 2.29. The molecule has 0 heterocycles. The third kappa shape index (κ3) is 3.57. The molecule has 2 N–H and O–H groups in total. The van der Waals surface area contributed by atoms with Gasteiger partial charge in [0.15, 0.2) is 0 Å². The molecule has 3 nitrogen and oxygen atoms in total. The third-order valence-corrected chi connectivity index (χ3v) is 3.26. The number of aliphatic carboxylic acids is 1. The van der Waals surface area contributed by atoms with E-state index >= 15 is 0 Å². The number of benzene rings is 1. The van der Waals surface area contributed by atoms with Crippen LogP contribution < -0.4 is 5.32 Å². The first kappa shape index (κ1) is 14.7. The van der Waals surface area contributed by atoms with Crippen molar-refractivity contribution in [2.75, 3.05) is 6.54 Å². The Morgan fingerprint density at radius 1 is 1.39 bits per heavy atom. The molecule has 0 aromatic heterocycles. The van der Waals surface area contributed by atoms with Gasteiger partial charge in [0.1, 0.15) is 0 Å². The Morgan fingerprint density at radius 3 is 2.61 bits per heavy atom. The lowest BCUT2D eigenvalue weighted by molar-refractivity contribution is -0.138. The number of nitrogens with one attached hydrogen (secondary N) is 1. The van der Waals surface area contributed by atoms with Gasteiger partial charge in [0.05, 0.1) is 12.0 Å². The van der Waals surface area contributed by atoms with Crippen LogP contribution in [0, 0.1) is 13.8 Å². The van der Waals surface area contributed by atoms with E-state index in [2.05, 4.69) is 30.4 Å². The smallest absolute Gasteiger partial charge is 0.305 e. The lowest BCUT2D eigenvalue weighted by Crippen LogP contribution is -2.42. The predicted octanol–water partition coefficient (Wildman–Crippen LogP) is 2.99. The van der Waals surface area contributed by atoms with Gasteiger partial charge in [-0.3, -0.25) is 4.79 Å². The summed E-state index contributed by atoms with van der Waals surface area (Å²) >= 11 is 0. The number of hydrogen-bond donors (Lipinski definition) is 2. The summed E-state index contributed by atoms with van der Waals surface area (Å²) in [4.78, 5) is 11.1. The fraction of sp³-hybridized carbons (Fsp3) is 0.533. The van der Waals surface area contributed by atoms with Gasteiger partial charge in [-0.1, -0.05) is 30.7 Å². The number of aryl methyl sites for hydroxylation is 2. The van der Waals surface area contributed by atoms with Gasteiger partial charge in [-0.25, -0.2) is 0 Å². The van der Waals surface area contributed by atoms with Crippen LogP contribution in [0.2, 0.25) is 0 Å². The molecule has 0 spiro atoms. The standard InChI is InChI=1S/C15H23NO2/c1-5-8-16-15(4,10-14(17)18)13-9-11(2)6-7-12(13)3/h6-7,9,16H,5,8,10H2,1-4H3,(H,17,18). The first-order valence-corrected chi connectivity index (χ1v) is 6.43. The minimum absolute atomic E-state index is 0.0945. The Bertz CT molecular complexity index is 429. The molecule has 0 aliphatic carbocycles. The molecule has 0 bridgehead atoms. The summed E-state index contributed by atoms with van der Waals surface area (Å²) in [6.07, 6.45) is 1.08. The summed E-state index contributed by atoms with van der Waals surface area (Å²) in [5.74, 6) is -0.776. The van der Waals surface area contributed by atoms with Crippen molar-refractivity contribution in [2.24, 2.45) is 0 Å². The fourth-order valence-electron chi connectivity index (χ4n) is 2.29. The van der Waals surface area contributed by atoms with E-state index in [4.69, 9.17) is 5.11 Å². The molecule has 0 saturated carbocycles. The van der Waals surface area contributed by atoms with E-state index in [-0.39, 0.29) is 6.42 Å². The zero-order valence-electron chi connectivity index (χ0n) is 11.7. The Balaban J connectivity index is 3.15. The summed E-state index contributed by atoms with van der Waals surface area (Å²) in [7, 11) is 0. The summed E-state index contributed by atoms with van der Waals surface area (Å²) in [5, 5.41) is 12.5. The van der Waals surface area contributed by atoms with Crippen LogP contribution in [0.5, 0.6) is 0 Å². The van der Waals surface area contributed by atoms with Crippen LogP contribution >= 0.6 is 0 Å². The van der Waals surface area contributed by atoms with Gasteiger partial charge in [-0.15, -0.1) is 0 Å². The summed E-state index contributed by atoms with van der Waals surface area (Å²) < 4.78 is 0. The van der Waals surface area contributed by atoms with Crippen molar-refractivity contribution in [3.63, 3.8) is 0 Å². The second-order valence-corrected chi connectivity index (χ2v) is 5.15. The van der Waals surface area contributed by atoms with E-state index in [0.717, 1.165) is 29.7 Å². The second kappa shape index (κ2) is 6.01. The van der Waals surface area contributed by atoms with Crippen molar-refractivity contribution in [1.82, 2.24) is 5.32 Å². The van der Waals surface area contributed by atoms with Crippen molar-refractivity contribution >= 4 is 5.97 Å². The van der Waals surface area contributed by atoms with Gasteiger partial charge in [0.25, 0.3) is 0 Å². The monoisotopic (exact) mass is 249 g/mol. The van der Waals surface area contributed by atoms with Crippen molar-refractivity contribution in [1.29, 1.82) is 0 Å². The maximum atomic E-state index is 11.1. The maximum Gasteiger partial charge on any atom is 0.305 e. The van der Waals surface area contributed by atoms with Gasteiger partial charge < -0.3 is 10.4 Å². The first-order valence-electron chi connectivity index (χ1n) is 6.43. The van der Waals surface area contributed by atoms with E-state index in [1.54, 1.807) is 0 Å².